The van der Waals surface area contributed by atoms with Crippen molar-refractivity contribution >= 4 is 23.5 Å². The Bertz CT molecular complexity index is 900. The van der Waals surface area contributed by atoms with Crippen LogP contribution in [0.4, 0.5) is 0 Å². The van der Waals surface area contributed by atoms with Crippen LogP contribution in [-0.4, -0.2) is 55.1 Å². The Labute approximate surface area is 159 Å². The fourth-order valence-corrected chi connectivity index (χ4v) is 2.88. The molecule has 0 aromatic heterocycles. The summed E-state index contributed by atoms with van der Waals surface area (Å²) in [6.45, 7) is 2.86. The molecular formula is C20H18O8. The van der Waals surface area contributed by atoms with Crippen molar-refractivity contribution < 1.29 is 39.6 Å². The zero-order valence-corrected chi connectivity index (χ0v) is 15.0. The van der Waals surface area contributed by atoms with E-state index in [-0.39, 0.29) is 22.3 Å². The number of carbonyl (C=O) groups is 4. The summed E-state index contributed by atoms with van der Waals surface area (Å²) in [4.78, 5) is 49.5. The van der Waals surface area contributed by atoms with Crippen molar-refractivity contribution in [1.29, 1.82) is 0 Å². The number of carboxylic acid groups (broad SMARTS) is 2. The van der Waals surface area contributed by atoms with Crippen LogP contribution in [0.15, 0.2) is 48.5 Å². The molecular weight excluding hydrogens is 368 g/mol. The van der Waals surface area contributed by atoms with Crippen molar-refractivity contribution in [2.75, 3.05) is 0 Å². The minimum Gasteiger partial charge on any atom is -0.479 e. The van der Waals surface area contributed by atoms with Gasteiger partial charge >= 0.3 is 11.9 Å². The zero-order chi connectivity index (χ0) is 21.3. The Balaban J connectivity index is 2.78. The predicted molar refractivity (Wildman–Crippen MR) is 96.2 cm³/mol. The number of carbonyl (C=O) groups excluding carboxylic acids is 2. The summed E-state index contributed by atoms with van der Waals surface area (Å²) >= 11 is 0. The van der Waals surface area contributed by atoms with Crippen LogP contribution in [0.1, 0.15) is 31.8 Å². The molecule has 8 nitrogen and oxygen atoms in total. The van der Waals surface area contributed by atoms with Crippen molar-refractivity contribution in [3.05, 3.63) is 70.8 Å². The highest BCUT2D eigenvalue weighted by Gasteiger charge is 2.70. The molecule has 0 amide bonds. The van der Waals surface area contributed by atoms with Crippen LogP contribution in [0, 0.1) is 13.8 Å². The molecule has 2 aromatic rings. The first-order valence-corrected chi connectivity index (χ1v) is 8.12. The Morgan fingerprint density at radius 2 is 0.929 bits per heavy atom. The number of aliphatic hydroxyl groups is 2. The summed E-state index contributed by atoms with van der Waals surface area (Å²) in [5.41, 5.74) is -8.17. The average Bonchev–Trinajstić information content (AvgIpc) is 2.65. The molecule has 2 aromatic carbocycles. The van der Waals surface area contributed by atoms with Gasteiger partial charge in [-0.05, 0) is 25.0 Å². The Kier molecular flexibility index (Phi) is 5.49. The Hall–Kier alpha value is -3.36. The number of aliphatic carboxylic acids is 2. The largest absolute Gasteiger partial charge is 0.479 e. The third-order valence-electron chi connectivity index (χ3n) is 4.58. The van der Waals surface area contributed by atoms with Gasteiger partial charge in [0.1, 0.15) is 0 Å². The Morgan fingerprint density at radius 3 is 1.18 bits per heavy atom. The monoisotopic (exact) mass is 386 g/mol. The molecule has 2 atom stereocenters. The number of hydrogen-bond donors (Lipinski definition) is 4. The summed E-state index contributed by atoms with van der Waals surface area (Å²) in [7, 11) is 0. The van der Waals surface area contributed by atoms with Crippen LogP contribution in [0.3, 0.4) is 0 Å². The highest BCUT2D eigenvalue weighted by atomic mass is 16.5. The second-order valence-corrected chi connectivity index (χ2v) is 6.32. The van der Waals surface area contributed by atoms with Gasteiger partial charge in [-0.15, -0.1) is 0 Å². The molecule has 0 aliphatic rings. The first-order valence-electron chi connectivity index (χ1n) is 8.12. The van der Waals surface area contributed by atoms with Crippen molar-refractivity contribution in [2.24, 2.45) is 0 Å². The van der Waals surface area contributed by atoms with Crippen LogP contribution in [0.5, 0.6) is 0 Å². The molecule has 2 unspecified atom stereocenters. The maximum absolute atomic E-state index is 12.9. The minimum absolute atomic E-state index is 0.225. The molecule has 28 heavy (non-hydrogen) atoms. The van der Waals surface area contributed by atoms with E-state index in [4.69, 9.17) is 0 Å². The van der Waals surface area contributed by atoms with Crippen molar-refractivity contribution in [1.82, 2.24) is 0 Å². The van der Waals surface area contributed by atoms with E-state index in [1.54, 1.807) is 0 Å². The van der Waals surface area contributed by atoms with Gasteiger partial charge in [0.25, 0.3) is 11.2 Å². The van der Waals surface area contributed by atoms with E-state index in [1.165, 1.54) is 50.2 Å². The second-order valence-electron chi connectivity index (χ2n) is 6.32. The van der Waals surface area contributed by atoms with Crippen LogP contribution in [-0.2, 0) is 9.59 Å². The minimum atomic E-state index is -3.97. The predicted octanol–water partition coefficient (Wildman–Crippen LogP) is 1.00. The summed E-state index contributed by atoms with van der Waals surface area (Å²) in [6.07, 6.45) is 0. The van der Waals surface area contributed by atoms with Crippen molar-refractivity contribution in [3.63, 3.8) is 0 Å². The van der Waals surface area contributed by atoms with Gasteiger partial charge in [0, 0.05) is 11.1 Å². The normalized spacial score (nSPS) is 15.1. The van der Waals surface area contributed by atoms with E-state index in [0.717, 1.165) is 12.1 Å². The molecule has 0 saturated heterocycles. The molecule has 0 bridgehead atoms. The van der Waals surface area contributed by atoms with Gasteiger partial charge in [-0.1, -0.05) is 48.5 Å². The lowest BCUT2D eigenvalue weighted by atomic mass is 9.72. The topological polar surface area (TPSA) is 149 Å². The number of benzene rings is 2. The third-order valence-corrected chi connectivity index (χ3v) is 4.58. The zero-order valence-electron chi connectivity index (χ0n) is 15.0. The van der Waals surface area contributed by atoms with Gasteiger partial charge in [0.2, 0.25) is 11.6 Å². The van der Waals surface area contributed by atoms with Gasteiger partial charge in [-0.25, -0.2) is 9.59 Å². The molecule has 4 N–H and O–H groups in total. The lowest BCUT2D eigenvalue weighted by Gasteiger charge is -2.35. The van der Waals surface area contributed by atoms with E-state index in [0.29, 0.717) is 0 Å². The Morgan fingerprint density at radius 1 is 0.643 bits per heavy atom. The number of rotatable bonds is 7. The van der Waals surface area contributed by atoms with E-state index in [1.807, 2.05) is 0 Å². The lowest BCUT2D eigenvalue weighted by molar-refractivity contribution is -0.187. The molecule has 0 saturated carbocycles. The number of hydrogen-bond acceptors (Lipinski definition) is 6. The lowest BCUT2D eigenvalue weighted by Crippen LogP contribution is -2.71. The average molecular weight is 386 g/mol. The molecule has 0 heterocycles. The van der Waals surface area contributed by atoms with E-state index in [9.17, 15) is 39.6 Å². The molecule has 0 aliphatic carbocycles. The summed E-state index contributed by atoms with van der Waals surface area (Å²) in [5, 5.41) is 40.6. The number of ketones is 2. The quantitative estimate of drug-likeness (QED) is 0.407. The van der Waals surface area contributed by atoms with Crippen molar-refractivity contribution in [2.45, 2.75) is 25.0 Å². The van der Waals surface area contributed by atoms with Crippen LogP contribution < -0.4 is 0 Å². The van der Waals surface area contributed by atoms with Crippen LogP contribution in [0.2, 0.25) is 0 Å². The van der Waals surface area contributed by atoms with Gasteiger partial charge in [-0.2, -0.15) is 0 Å². The third kappa shape index (κ3) is 2.98. The second kappa shape index (κ2) is 7.34. The molecule has 0 radical (unpaired) electrons. The molecule has 8 heteroatoms. The van der Waals surface area contributed by atoms with Gasteiger partial charge in [0.15, 0.2) is 0 Å². The maximum Gasteiger partial charge on any atom is 0.348 e. The van der Waals surface area contributed by atoms with Gasteiger partial charge in [0.05, 0.1) is 0 Å². The highest BCUT2D eigenvalue weighted by molar-refractivity contribution is 6.28. The van der Waals surface area contributed by atoms with Crippen LogP contribution >= 0.6 is 0 Å². The number of carboxylic acids is 2. The standard InChI is InChI=1S/C20H18O8/c1-11-7-3-5-9-13(11)15(21)19(27,17(23)24)20(28,18(25)26)16(22)14-10-6-4-8-12(14)2/h3-10,27-28H,1-2H3,(H,23,24)(H,25,26). The molecule has 0 aliphatic heterocycles. The molecule has 0 spiro atoms. The fourth-order valence-electron chi connectivity index (χ4n) is 2.88. The van der Waals surface area contributed by atoms with Gasteiger partial charge < -0.3 is 20.4 Å². The molecule has 146 valence electrons. The SMILES string of the molecule is Cc1ccccc1C(=O)C(O)(C(=O)O)C(O)(C(=O)O)C(=O)c1ccccc1C. The van der Waals surface area contributed by atoms with E-state index < -0.39 is 34.7 Å². The fraction of sp³-hybridized carbons (Fsp3) is 0.200. The maximum atomic E-state index is 12.9. The molecule has 0 fully saturated rings. The van der Waals surface area contributed by atoms with Crippen molar-refractivity contribution in [3.8, 4) is 0 Å². The molecule has 2 rings (SSSR count). The van der Waals surface area contributed by atoms with Gasteiger partial charge in [-0.3, -0.25) is 9.59 Å². The smallest absolute Gasteiger partial charge is 0.348 e. The number of aryl methyl sites for hydroxylation is 2. The van der Waals surface area contributed by atoms with E-state index >= 15 is 0 Å². The van der Waals surface area contributed by atoms with E-state index in [2.05, 4.69) is 0 Å². The highest BCUT2D eigenvalue weighted by Crippen LogP contribution is 2.33. The summed E-state index contributed by atoms with van der Waals surface area (Å²) in [6, 6.07) is 11.0. The van der Waals surface area contributed by atoms with Crippen LogP contribution in [0.25, 0.3) is 0 Å². The first-order chi connectivity index (χ1) is 13.0. The summed E-state index contributed by atoms with van der Waals surface area (Å²) in [5.74, 6) is -7.98. The number of Topliss-reactive ketones (excluding diaryl/α,β-unsaturated/α-hetero) is 2. The summed E-state index contributed by atoms with van der Waals surface area (Å²) < 4.78 is 0. The first kappa shape index (κ1) is 20.9.